The van der Waals surface area contributed by atoms with Crippen LogP contribution in [0.5, 0.6) is 0 Å². The fourth-order valence-corrected chi connectivity index (χ4v) is 1.71. The molecule has 1 amide bonds. The quantitative estimate of drug-likeness (QED) is 0.839. The van der Waals surface area contributed by atoms with Gasteiger partial charge in [0.25, 0.3) is 0 Å². The predicted octanol–water partition coefficient (Wildman–Crippen LogP) is 2.75. The average molecular weight is 299 g/mol. The number of nitrogens with zero attached hydrogens (tertiary/aromatic N) is 2. The predicted molar refractivity (Wildman–Crippen MR) is 82.1 cm³/mol. The van der Waals surface area contributed by atoms with E-state index in [4.69, 9.17) is 11.6 Å². The lowest BCUT2D eigenvalue weighted by Crippen LogP contribution is -2.41. The second-order valence-corrected chi connectivity index (χ2v) is 6.57. The Bertz CT molecular complexity index is 483. The Labute approximate surface area is 125 Å². The molecule has 0 aliphatic heterocycles. The molecule has 0 saturated carbocycles. The summed E-state index contributed by atoms with van der Waals surface area (Å²) in [5.41, 5.74) is -0.204. The number of amides is 1. The van der Waals surface area contributed by atoms with E-state index < -0.39 is 6.04 Å². The highest BCUT2D eigenvalue weighted by Crippen LogP contribution is 2.22. The smallest absolute Gasteiger partial charge is 0.242 e. The van der Waals surface area contributed by atoms with Crippen LogP contribution in [-0.4, -0.2) is 28.0 Å². The van der Waals surface area contributed by atoms with Crippen molar-refractivity contribution in [2.24, 2.45) is 0 Å². The molecule has 1 rings (SSSR count). The van der Waals surface area contributed by atoms with Crippen molar-refractivity contribution in [3.8, 4) is 0 Å². The van der Waals surface area contributed by atoms with Crippen molar-refractivity contribution in [1.82, 2.24) is 15.3 Å². The first-order chi connectivity index (χ1) is 9.09. The minimum atomic E-state index is -0.392. The molecule has 0 aromatic carbocycles. The molecular weight excluding hydrogens is 276 g/mol. The van der Waals surface area contributed by atoms with Crippen molar-refractivity contribution in [3.63, 3.8) is 0 Å². The van der Waals surface area contributed by atoms with E-state index in [9.17, 15) is 4.79 Å². The Hall–Kier alpha value is -1.36. The molecule has 0 aliphatic carbocycles. The zero-order chi connectivity index (χ0) is 15.5. The lowest BCUT2D eigenvalue weighted by Gasteiger charge is -2.20. The summed E-state index contributed by atoms with van der Waals surface area (Å²) < 4.78 is 0. The molecule has 1 heterocycles. The molecule has 1 atom stereocenters. The summed E-state index contributed by atoms with van der Waals surface area (Å²) in [5.74, 6) is 1.12. The molecule has 0 radical (unpaired) electrons. The Morgan fingerprint density at radius 3 is 2.35 bits per heavy atom. The molecule has 0 saturated heterocycles. The molecule has 2 N–H and O–H groups in total. The molecule has 1 unspecified atom stereocenters. The van der Waals surface area contributed by atoms with E-state index >= 15 is 0 Å². The first-order valence-corrected chi connectivity index (χ1v) is 7.09. The summed E-state index contributed by atoms with van der Waals surface area (Å²) in [4.78, 5) is 20.5. The van der Waals surface area contributed by atoms with Crippen LogP contribution in [0, 0.1) is 0 Å². The second kappa shape index (κ2) is 6.39. The molecule has 1 aromatic rings. The SMILES string of the molecule is CC(C)NC(=O)C(C)Nc1cc(Cl)nc(C(C)(C)C)n1. The molecular formula is C14H23ClN4O. The van der Waals surface area contributed by atoms with Gasteiger partial charge in [0.15, 0.2) is 0 Å². The van der Waals surface area contributed by atoms with Gasteiger partial charge >= 0.3 is 0 Å². The Morgan fingerprint density at radius 2 is 1.85 bits per heavy atom. The van der Waals surface area contributed by atoms with Gasteiger partial charge in [0, 0.05) is 17.5 Å². The molecule has 20 heavy (non-hydrogen) atoms. The number of carbonyl (C=O) groups is 1. The van der Waals surface area contributed by atoms with Crippen molar-refractivity contribution in [3.05, 3.63) is 17.0 Å². The van der Waals surface area contributed by atoms with Crippen LogP contribution < -0.4 is 10.6 Å². The molecule has 1 aromatic heterocycles. The number of carbonyl (C=O) groups excluding carboxylic acids is 1. The van der Waals surface area contributed by atoms with Crippen LogP contribution in [0.2, 0.25) is 5.15 Å². The van der Waals surface area contributed by atoms with Crippen molar-refractivity contribution in [2.75, 3.05) is 5.32 Å². The molecule has 6 heteroatoms. The van der Waals surface area contributed by atoms with Crippen LogP contribution in [0.3, 0.4) is 0 Å². The maximum atomic E-state index is 11.9. The van der Waals surface area contributed by atoms with E-state index in [2.05, 4.69) is 20.6 Å². The molecule has 0 bridgehead atoms. The number of aromatic nitrogens is 2. The van der Waals surface area contributed by atoms with E-state index in [0.29, 0.717) is 16.8 Å². The lowest BCUT2D eigenvalue weighted by molar-refractivity contribution is -0.122. The average Bonchev–Trinajstić information content (AvgIpc) is 2.25. The zero-order valence-electron chi connectivity index (χ0n) is 12.9. The van der Waals surface area contributed by atoms with Gasteiger partial charge < -0.3 is 10.6 Å². The molecule has 0 spiro atoms. The topological polar surface area (TPSA) is 66.9 Å². The molecule has 0 fully saturated rings. The molecule has 5 nitrogen and oxygen atoms in total. The minimum absolute atomic E-state index is 0.0768. The van der Waals surface area contributed by atoms with E-state index in [0.717, 1.165) is 0 Å². The number of hydrogen-bond acceptors (Lipinski definition) is 4. The summed E-state index contributed by atoms with van der Waals surface area (Å²) in [6.07, 6.45) is 0. The van der Waals surface area contributed by atoms with Crippen molar-refractivity contribution in [2.45, 2.75) is 59.0 Å². The van der Waals surface area contributed by atoms with Gasteiger partial charge in [0.2, 0.25) is 5.91 Å². The maximum Gasteiger partial charge on any atom is 0.242 e. The van der Waals surface area contributed by atoms with E-state index in [1.165, 1.54) is 0 Å². The van der Waals surface area contributed by atoms with Crippen LogP contribution in [-0.2, 0) is 10.2 Å². The van der Waals surface area contributed by atoms with Gasteiger partial charge in [-0.3, -0.25) is 4.79 Å². The van der Waals surface area contributed by atoms with Crippen LogP contribution in [0.4, 0.5) is 5.82 Å². The van der Waals surface area contributed by atoms with Crippen LogP contribution in [0.1, 0.15) is 47.4 Å². The first kappa shape index (κ1) is 16.7. The third-order valence-corrected chi connectivity index (χ3v) is 2.75. The first-order valence-electron chi connectivity index (χ1n) is 6.71. The molecule has 112 valence electrons. The van der Waals surface area contributed by atoms with Crippen molar-refractivity contribution in [1.29, 1.82) is 0 Å². The summed E-state index contributed by atoms with van der Waals surface area (Å²) >= 11 is 6.01. The summed E-state index contributed by atoms with van der Waals surface area (Å²) in [7, 11) is 0. The summed E-state index contributed by atoms with van der Waals surface area (Å²) in [5, 5.41) is 6.26. The Kier molecular flexibility index (Phi) is 5.34. The van der Waals surface area contributed by atoms with Crippen LogP contribution in [0.15, 0.2) is 6.07 Å². The highest BCUT2D eigenvalue weighted by Gasteiger charge is 2.20. The van der Waals surface area contributed by atoms with Crippen molar-refractivity contribution < 1.29 is 4.79 Å². The number of halogens is 1. The van der Waals surface area contributed by atoms with Gasteiger partial charge in [0.1, 0.15) is 22.8 Å². The number of rotatable bonds is 4. The molecule has 0 aliphatic rings. The Balaban J connectivity index is 2.87. The normalized spacial score (nSPS) is 13.2. The van der Waals surface area contributed by atoms with Crippen molar-refractivity contribution >= 4 is 23.3 Å². The number of anilines is 1. The highest BCUT2D eigenvalue weighted by molar-refractivity contribution is 6.29. The Morgan fingerprint density at radius 1 is 1.25 bits per heavy atom. The fourth-order valence-electron chi connectivity index (χ4n) is 1.52. The van der Waals surface area contributed by atoms with Gasteiger partial charge in [0.05, 0.1) is 0 Å². The monoisotopic (exact) mass is 298 g/mol. The number of nitrogens with one attached hydrogen (secondary N) is 2. The standard InChI is InChI=1S/C14H23ClN4O/c1-8(2)16-12(20)9(3)17-11-7-10(15)18-13(19-11)14(4,5)6/h7-9H,1-6H3,(H,16,20)(H,17,18,19). The minimum Gasteiger partial charge on any atom is -0.358 e. The van der Waals surface area contributed by atoms with Gasteiger partial charge in [-0.2, -0.15) is 0 Å². The lowest BCUT2D eigenvalue weighted by atomic mass is 9.96. The van der Waals surface area contributed by atoms with Crippen LogP contribution in [0.25, 0.3) is 0 Å². The van der Waals surface area contributed by atoms with E-state index in [1.54, 1.807) is 13.0 Å². The summed E-state index contributed by atoms with van der Waals surface area (Å²) in [6, 6.07) is 1.33. The van der Waals surface area contributed by atoms with Gasteiger partial charge in [-0.1, -0.05) is 32.4 Å². The van der Waals surface area contributed by atoms with Crippen LogP contribution >= 0.6 is 11.6 Å². The summed E-state index contributed by atoms with van der Waals surface area (Å²) in [6.45, 7) is 11.7. The van der Waals surface area contributed by atoms with Gasteiger partial charge in [-0.15, -0.1) is 0 Å². The second-order valence-electron chi connectivity index (χ2n) is 6.18. The number of hydrogen-bond donors (Lipinski definition) is 2. The third kappa shape index (κ3) is 4.96. The third-order valence-electron chi connectivity index (χ3n) is 2.55. The largest absolute Gasteiger partial charge is 0.358 e. The van der Waals surface area contributed by atoms with Gasteiger partial charge in [-0.25, -0.2) is 9.97 Å². The maximum absolute atomic E-state index is 11.9. The van der Waals surface area contributed by atoms with Gasteiger partial charge in [-0.05, 0) is 20.8 Å². The zero-order valence-corrected chi connectivity index (χ0v) is 13.7. The fraction of sp³-hybridized carbons (Fsp3) is 0.643. The van der Waals surface area contributed by atoms with E-state index in [1.807, 2.05) is 34.6 Å². The highest BCUT2D eigenvalue weighted by atomic mass is 35.5. The van der Waals surface area contributed by atoms with E-state index in [-0.39, 0.29) is 17.4 Å².